The topological polar surface area (TPSA) is 81.7 Å². The molecule has 1 saturated heterocycles. The summed E-state index contributed by atoms with van der Waals surface area (Å²) in [7, 11) is 0. The molecule has 0 radical (unpaired) electrons. The molecule has 2 aromatic carbocycles. The highest BCUT2D eigenvalue weighted by Crippen LogP contribution is 2.35. The fourth-order valence-corrected chi connectivity index (χ4v) is 3.67. The van der Waals surface area contributed by atoms with Crippen LogP contribution in [0.5, 0.6) is 17.2 Å². The Balaban J connectivity index is 1.85. The lowest BCUT2D eigenvalue weighted by Crippen LogP contribution is -2.25. The third-order valence-corrected chi connectivity index (χ3v) is 5.18. The first-order valence-corrected chi connectivity index (χ1v) is 9.70. The number of hydrogen-bond acceptors (Lipinski definition) is 6. The summed E-state index contributed by atoms with van der Waals surface area (Å²) < 4.78 is 49.7. The van der Waals surface area contributed by atoms with Crippen LogP contribution >= 0.6 is 11.8 Å². The van der Waals surface area contributed by atoms with Crippen molar-refractivity contribution in [3.05, 3.63) is 53.1 Å². The normalized spacial score (nSPS) is 16.3. The zero-order valence-electron chi connectivity index (χ0n) is 15.6. The minimum Gasteiger partial charge on any atom is -0.493 e. The molecule has 2 amide bonds. The number of hydrogen-bond donors (Lipinski definition) is 1. The van der Waals surface area contributed by atoms with Crippen molar-refractivity contribution in [1.82, 2.24) is 5.32 Å². The second-order valence-corrected chi connectivity index (χ2v) is 7.44. The second-order valence-electron chi connectivity index (χ2n) is 6.26. The monoisotopic (exact) mass is 439 g/mol. The molecule has 1 aliphatic heterocycles. The Morgan fingerprint density at radius 3 is 2.50 bits per heavy atom. The van der Waals surface area contributed by atoms with E-state index in [1.165, 1.54) is 6.07 Å². The van der Waals surface area contributed by atoms with E-state index in [0.717, 1.165) is 23.9 Å². The van der Waals surface area contributed by atoms with E-state index in [-0.39, 0.29) is 35.7 Å². The smallest absolute Gasteiger partial charge is 0.416 e. The van der Waals surface area contributed by atoms with Crippen LogP contribution in [0, 0.1) is 0 Å². The minimum absolute atomic E-state index is 0.0375. The van der Waals surface area contributed by atoms with Crippen molar-refractivity contribution in [1.29, 1.82) is 0 Å². The van der Waals surface area contributed by atoms with Crippen LogP contribution in [0.25, 0.3) is 0 Å². The van der Waals surface area contributed by atoms with E-state index in [0.29, 0.717) is 24.0 Å². The number of halogens is 3. The molecule has 3 rings (SSSR count). The molecule has 1 heterocycles. The summed E-state index contributed by atoms with van der Waals surface area (Å²) in [6.45, 7) is 2.08. The van der Waals surface area contributed by atoms with Crippen LogP contribution in [0.15, 0.2) is 36.4 Å². The average molecular weight is 439 g/mol. The van der Waals surface area contributed by atoms with Gasteiger partial charge in [0, 0.05) is 6.07 Å². The number of thioether (sulfide) groups is 1. The molecule has 1 fully saturated rings. The zero-order chi connectivity index (χ0) is 21.9. The lowest BCUT2D eigenvalue weighted by molar-refractivity contribution is -0.137. The molecular formula is C20H16F3NO5S. The van der Waals surface area contributed by atoms with E-state index in [2.05, 4.69) is 5.32 Å². The standard InChI is InChI=1S/C20H16F3NO5S/c1-2-28-16-9-14(5-3-11(16)8-17-18(26)24-19(27)30-17)29-15-6-4-13(20(21,22)23)7-12(15)10-25/h3-7,9-10,17H,2,8H2,1H3,(H,24,26,27). The van der Waals surface area contributed by atoms with Crippen LogP contribution in [-0.2, 0) is 17.4 Å². The first kappa shape index (κ1) is 21.7. The molecule has 1 N–H and O–H groups in total. The molecule has 0 aromatic heterocycles. The van der Waals surface area contributed by atoms with Crippen LogP contribution in [-0.4, -0.2) is 29.3 Å². The molecule has 1 unspecified atom stereocenters. The van der Waals surface area contributed by atoms with Gasteiger partial charge >= 0.3 is 6.18 Å². The number of imide groups is 1. The lowest BCUT2D eigenvalue weighted by atomic mass is 10.1. The number of alkyl halides is 3. The van der Waals surface area contributed by atoms with Crippen molar-refractivity contribution in [2.24, 2.45) is 0 Å². The quantitative estimate of drug-likeness (QED) is 0.635. The fraction of sp³-hybridized carbons (Fsp3) is 0.250. The Bertz CT molecular complexity index is 993. The van der Waals surface area contributed by atoms with Gasteiger partial charge in [-0.15, -0.1) is 0 Å². The van der Waals surface area contributed by atoms with Crippen molar-refractivity contribution < 1.29 is 37.0 Å². The van der Waals surface area contributed by atoms with E-state index in [1.807, 2.05) is 0 Å². The molecule has 10 heteroatoms. The molecule has 0 bridgehead atoms. The molecule has 1 atom stereocenters. The van der Waals surface area contributed by atoms with Gasteiger partial charge in [0.25, 0.3) is 5.24 Å². The van der Waals surface area contributed by atoms with Gasteiger partial charge < -0.3 is 9.47 Å². The molecule has 0 spiro atoms. The first-order chi connectivity index (χ1) is 14.2. The van der Waals surface area contributed by atoms with Gasteiger partial charge in [-0.1, -0.05) is 17.8 Å². The van der Waals surface area contributed by atoms with Gasteiger partial charge in [-0.25, -0.2) is 0 Å². The zero-order valence-corrected chi connectivity index (χ0v) is 16.4. The van der Waals surface area contributed by atoms with Crippen LogP contribution in [0.1, 0.15) is 28.4 Å². The van der Waals surface area contributed by atoms with E-state index >= 15 is 0 Å². The van der Waals surface area contributed by atoms with Gasteiger partial charge in [-0.3, -0.25) is 19.7 Å². The Labute approximate surface area is 173 Å². The van der Waals surface area contributed by atoms with Crippen molar-refractivity contribution in [3.8, 4) is 17.2 Å². The molecule has 158 valence electrons. The van der Waals surface area contributed by atoms with Crippen molar-refractivity contribution in [2.45, 2.75) is 24.8 Å². The Kier molecular flexibility index (Phi) is 6.35. The van der Waals surface area contributed by atoms with Gasteiger partial charge in [0.05, 0.1) is 23.0 Å². The molecular weight excluding hydrogens is 423 g/mol. The molecule has 6 nitrogen and oxygen atoms in total. The van der Waals surface area contributed by atoms with E-state index in [4.69, 9.17) is 9.47 Å². The Hall–Kier alpha value is -3.01. The van der Waals surface area contributed by atoms with Gasteiger partial charge in [0.15, 0.2) is 6.29 Å². The number of ether oxygens (including phenoxy) is 2. The van der Waals surface area contributed by atoms with Gasteiger partial charge in [0.1, 0.15) is 17.2 Å². The summed E-state index contributed by atoms with van der Waals surface area (Å²) in [6.07, 6.45) is -4.04. The van der Waals surface area contributed by atoms with Gasteiger partial charge in [-0.2, -0.15) is 13.2 Å². The number of carbonyl (C=O) groups is 3. The maximum Gasteiger partial charge on any atom is 0.416 e. The summed E-state index contributed by atoms with van der Waals surface area (Å²) in [5.74, 6) is 0.227. The predicted octanol–water partition coefficient (Wildman–Crippen LogP) is 4.60. The van der Waals surface area contributed by atoms with E-state index in [9.17, 15) is 27.6 Å². The number of aldehydes is 1. The Morgan fingerprint density at radius 2 is 1.90 bits per heavy atom. The molecule has 2 aromatic rings. The van der Waals surface area contributed by atoms with Crippen molar-refractivity contribution >= 4 is 29.2 Å². The van der Waals surface area contributed by atoms with Crippen molar-refractivity contribution in [2.75, 3.05) is 6.61 Å². The third kappa shape index (κ3) is 4.93. The summed E-state index contributed by atoms with van der Waals surface area (Å²) in [5, 5.41) is 1.22. The molecule has 0 saturated carbocycles. The summed E-state index contributed by atoms with van der Waals surface area (Å²) in [6, 6.07) is 7.32. The highest BCUT2D eigenvalue weighted by Gasteiger charge is 2.33. The number of amides is 2. The number of nitrogens with one attached hydrogen (secondary N) is 1. The average Bonchev–Trinajstić information content (AvgIpc) is 3.00. The van der Waals surface area contributed by atoms with E-state index < -0.39 is 22.2 Å². The summed E-state index contributed by atoms with van der Waals surface area (Å²) in [5.41, 5.74) is -0.539. The SMILES string of the molecule is CCOc1cc(Oc2ccc(C(F)(F)F)cc2C=O)ccc1CC1SC(=O)NC1=O. The lowest BCUT2D eigenvalue weighted by Gasteiger charge is -2.15. The van der Waals surface area contributed by atoms with Gasteiger partial charge in [0.2, 0.25) is 5.91 Å². The molecule has 0 aliphatic carbocycles. The fourth-order valence-electron chi connectivity index (χ4n) is 2.82. The first-order valence-electron chi connectivity index (χ1n) is 8.82. The molecule has 30 heavy (non-hydrogen) atoms. The maximum atomic E-state index is 12.8. The maximum absolute atomic E-state index is 12.8. The summed E-state index contributed by atoms with van der Waals surface area (Å²) >= 11 is 0.893. The number of rotatable bonds is 7. The number of carbonyl (C=O) groups excluding carboxylic acids is 3. The third-order valence-electron chi connectivity index (χ3n) is 4.20. The van der Waals surface area contributed by atoms with Crippen LogP contribution in [0.3, 0.4) is 0 Å². The minimum atomic E-state index is -4.58. The van der Waals surface area contributed by atoms with Gasteiger partial charge in [-0.05, 0) is 43.2 Å². The van der Waals surface area contributed by atoms with Crippen LogP contribution in [0.4, 0.5) is 18.0 Å². The highest BCUT2D eigenvalue weighted by atomic mass is 32.2. The van der Waals surface area contributed by atoms with Crippen LogP contribution < -0.4 is 14.8 Å². The Morgan fingerprint density at radius 1 is 1.13 bits per heavy atom. The second kappa shape index (κ2) is 8.78. The van der Waals surface area contributed by atoms with Crippen LogP contribution in [0.2, 0.25) is 0 Å². The predicted molar refractivity (Wildman–Crippen MR) is 103 cm³/mol. The molecule has 1 aliphatic rings. The summed E-state index contributed by atoms with van der Waals surface area (Å²) in [4.78, 5) is 34.4. The van der Waals surface area contributed by atoms with E-state index in [1.54, 1.807) is 19.1 Å². The van der Waals surface area contributed by atoms with Crippen molar-refractivity contribution in [3.63, 3.8) is 0 Å². The number of benzene rings is 2. The highest BCUT2D eigenvalue weighted by molar-refractivity contribution is 8.15. The largest absolute Gasteiger partial charge is 0.493 e.